The molecule has 0 aliphatic heterocycles. The molecule has 2 aromatic carbocycles. The van der Waals surface area contributed by atoms with E-state index in [1.54, 1.807) is 0 Å². The van der Waals surface area contributed by atoms with Crippen LogP contribution < -0.4 is 16.6 Å². The topological polar surface area (TPSA) is 110 Å². The van der Waals surface area contributed by atoms with Crippen LogP contribution in [0.5, 0.6) is 0 Å². The lowest BCUT2D eigenvalue weighted by molar-refractivity contribution is -0.113. The highest BCUT2D eigenvalue weighted by Crippen LogP contribution is 2.19. The summed E-state index contributed by atoms with van der Waals surface area (Å²) in [4.78, 5) is 12.1. The molecule has 0 bridgehead atoms. The van der Waals surface area contributed by atoms with Crippen molar-refractivity contribution in [2.45, 2.75) is 12.1 Å². The molecule has 3 aromatic rings. The Hall–Kier alpha value is -2.85. The van der Waals surface area contributed by atoms with Crippen LogP contribution >= 0.6 is 27.7 Å². The third-order valence-corrected chi connectivity index (χ3v) is 5.06. The quantitative estimate of drug-likeness (QED) is 0.216. The molecule has 0 fully saturated rings. The van der Waals surface area contributed by atoms with Crippen molar-refractivity contribution < 1.29 is 4.79 Å². The van der Waals surface area contributed by atoms with Gasteiger partial charge in [-0.15, -0.1) is 10.2 Å². The predicted molar refractivity (Wildman–Crippen MR) is 116 cm³/mol. The molecule has 0 spiro atoms. The van der Waals surface area contributed by atoms with Gasteiger partial charge in [0, 0.05) is 10.2 Å². The third-order valence-electron chi connectivity index (χ3n) is 3.62. The summed E-state index contributed by atoms with van der Waals surface area (Å²) in [6.45, 7) is 1.88. The van der Waals surface area contributed by atoms with Crippen molar-refractivity contribution in [1.82, 2.24) is 14.9 Å². The number of nitrogens with zero attached hydrogens (tertiary/aromatic N) is 4. The third kappa shape index (κ3) is 5.33. The van der Waals surface area contributed by atoms with Crippen molar-refractivity contribution in [3.63, 3.8) is 0 Å². The van der Waals surface area contributed by atoms with Gasteiger partial charge in [0.1, 0.15) is 0 Å². The molecular weight excluding hydrogens is 442 g/mol. The van der Waals surface area contributed by atoms with Gasteiger partial charge in [-0.3, -0.25) is 4.79 Å². The molecule has 10 heteroatoms. The molecule has 1 amide bonds. The van der Waals surface area contributed by atoms with Crippen LogP contribution in [0.25, 0.3) is 0 Å². The van der Waals surface area contributed by atoms with Gasteiger partial charge < -0.3 is 11.2 Å². The monoisotopic (exact) mass is 459 g/mol. The standard InChI is InChI=1S/C18H18BrN7OS/c1-12(13-6-3-2-4-7-13)22-23-17-24-25-18(26(17)20)28-11-16(27)21-15-9-5-8-14(19)10-15/h2-10H,11,20H2,1H3,(H,21,27)(H,23,24)/b22-12+. The first-order valence-electron chi connectivity index (χ1n) is 8.27. The normalized spacial score (nSPS) is 11.3. The second kappa shape index (κ2) is 9.38. The zero-order chi connectivity index (χ0) is 19.9. The Morgan fingerprint density at radius 3 is 2.75 bits per heavy atom. The summed E-state index contributed by atoms with van der Waals surface area (Å²) in [5.74, 6) is 6.25. The van der Waals surface area contributed by atoms with Crippen LogP contribution in [-0.2, 0) is 4.79 Å². The van der Waals surface area contributed by atoms with E-state index in [1.165, 1.54) is 16.4 Å². The number of carbonyl (C=O) groups excluding carboxylic acids is 1. The first kappa shape index (κ1) is 19.9. The molecule has 0 saturated carbocycles. The Bertz CT molecular complexity index is 991. The van der Waals surface area contributed by atoms with E-state index in [0.29, 0.717) is 10.8 Å². The Labute approximate surface area is 174 Å². The zero-order valence-electron chi connectivity index (χ0n) is 15.0. The average molecular weight is 460 g/mol. The molecule has 0 saturated heterocycles. The van der Waals surface area contributed by atoms with Crippen molar-refractivity contribution in [2.75, 3.05) is 22.3 Å². The summed E-state index contributed by atoms with van der Waals surface area (Å²) in [6, 6.07) is 17.1. The second-order valence-electron chi connectivity index (χ2n) is 5.70. The van der Waals surface area contributed by atoms with Gasteiger partial charge >= 0.3 is 0 Å². The van der Waals surface area contributed by atoms with Crippen LogP contribution in [0.1, 0.15) is 12.5 Å². The fraction of sp³-hybridized carbons (Fsp3) is 0.111. The minimum absolute atomic E-state index is 0.147. The summed E-state index contributed by atoms with van der Waals surface area (Å²) in [5.41, 5.74) is 5.28. The summed E-state index contributed by atoms with van der Waals surface area (Å²) >= 11 is 4.55. The van der Waals surface area contributed by atoms with Gasteiger partial charge in [-0.1, -0.05) is 64.1 Å². The predicted octanol–water partition coefficient (Wildman–Crippen LogP) is 3.32. The number of aromatic nitrogens is 3. The SMILES string of the molecule is C/C(=N\Nc1nnc(SCC(=O)Nc2cccc(Br)c2)n1N)c1ccccc1. The van der Waals surface area contributed by atoms with E-state index < -0.39 is 0 Å². The largest absolute Gasteiger partial charge is 0.334 e. The summed E-state index contributed by atoms with van der Waals surface area (Å²) in [5, 5.41) is 15.4. The van der Waals surface area contributed by atoms with Crippen LogP contribution in [0.2, 0.25) is 0 Å². The first-order valence-corrected chi connectivity index (χ1v) is 10.0. The highest BCUT2D eigenvalue weighted by Gasteiger charge is 2.12. The first-order chi connectivity index (χ1) is 13.5. The number of carbonyl (C=O) groups is 1. The number of nitrogens with one attached hydrogen (secondary N) is 2. The second-order valence-corrected chi connectivity index (χ2v) is 7.56. The van der Waals surface area contributed by atoms with Crippen LogP contribution in [0.4, 0.5) is 11.6 Å². The summed E-state index contributed by atoms with van der Waals surface area (Å²) in [7, 11) is 0. The molecule has 0 atom stereocenters. The molecule has 4 N–H and O–H groups in total. The highest BCUT2D eigenvalue weighted by molar-refractivity contribution is 9.10. The van der Waals surface area contributed by atoms with E-state index in [9.17, 15) is 4.79 Å². The van der Waals surface area contributed by atoms with Crippen LogP contribution in [0.3, 0.4) is 0 Å². The van der Waals surface area contributed by atoms with E-state index in [0.717, 1.165) is 15.7 Å². The number of thioether (sulfide) groups is 1. The summed E-state index contributed by atoms with van der Waals surface area (Å²) in [6.07, 6.45) is 0. The molecule has 1 aromatic heterocycles. The molecule has 8 nitrogen and oxygen atoms in total. The lowest BCUT2D eigenvalue weighted by Gasteiger charge is -2.06. The maximum atomic E-state index is 12.1. The number of rotatable bonds is 7. The van der Waals surface area contributed by atoms with Crippen molar-refractivity contribution in [2.24, 2.45) is 5.10 Å². The number of nitrogens with two attached hydrogens (primary N) is 1. The van der Waals surface area contributed by atoms with E-state index >= 15 is 0 Å². The van der Waals surface area contributed by atoms with Crippen LogP contribution in [0.15, 0.2) is 69.3 Å². The van der Waals surface area contributed by atoms with Crippen molar-refractivity contribution >= 4 is 50.9 Å². The van der Waals surface area contributed by atoms with Gasteiger partial charge in [-0.25, -0.2) is 10.1 Å². The minimum Gasteiger partial charge on any atom is -0.334 e. The lowest BCUT2D eigenvalue weighted by atomic mass is 10.1. The molecular formula is C18H18BrN7OS. The minimum atomic E-state index is -0.168. The van der Waals surface area contributed by atoms with Crippen LogP contribution in [-0.4, -0.2) is 32.2 Å². The number of hydrogen-bond donors (Lipinski definition) is 3. The molecule has 3 rings (SSSR count). The van der Waals surface area contributed by atoms with Gasteiger partial charge in [0.15, 0.2) is 0 Å². The van der Waals surface area contributed by atoms with Crippen molar-refractivity contribution in [3.8, 4) is 0 Å². The van der Waals surface area contributed by atoms with Crippen molar-refractivity contribution in [3.05, 3.63) is 64.6 Å². The Balaban J connectivity index is 1.56. The van der Waals surface area contributed by atoms with E-state index in [-0.39, 0.29) is 17.6 Å². The van der Waals surface area contributed by atoms with Gasteiger partial charge in [-0.2, -0.15) is 5.10 Å². The Kier molecular flexibility index (Phi) is 6.66. The molecule has 0 radical (unpaired) electrons. The van der Waals surface area contributed by atoms with Gasteiger partial charge in [0.05, 0.1) is 11.5 Å². The fourth-order valence-electron chi connectivity index (χ4n) is 2.22. The number of halogens is 1. The van der Waals surface area contributed by atoms with E-state index in [2.05, 4.69) is 42.0 Å². The Morgan fingerprint density at radius 2 is 2.00 bits per heavy atom. The molecule has 0 unspecified atom stereocenters. The molecule has 0 aliphatic rings. The number of nitrogen functional groups attached to an aromatic ring is 1. The smallest absolute Gasteiger partial charge is 0.264 e. The molecule has 144 valence electrons. The van der Waals surface area contributed by atoms with Gasteiger partial charge in [0.2, 0.25) is 11.1 Å². The summed E-state index contributed by atoms with van der Waals surface area (Å²) < 4.78 is 2.15. The molecule has 1 heterocycles. The number of hydrogen-bond acceptors (Lipinski definition) is 7. The number of hydrazone groups is 1. The lowest BCUT2D eigenvalue weighted by Crippen LogP contribution is -2.17. The zero-order valence-corrected chi connectivity index (χ0v) is 17.4. The van der Waals surface area contributed by atoms with Gasteiger partial charge in [-0.05, 0) is 30.7 Å². The van der Waals surface area contributed by atoms with Crippen LogP contribution in [0, 0.1) is 0 Å². The fourth-order valence-corrected chi connectivity index (χ4v) is 3.28. The van der Waals surface area contributed by atoms with E-state index in [4.69, 9.17) is 5.84 Å². The average Bonchev–Trinajstić information content (AvgIpc) is 3.05. The van der Waals surface area contributed by atoms with E-state index in [1.807, 2.05) is 61.5 Å². The van der Waals surface area contributed by atoms with Gasteiger partial charge in [0.25, 0.3) is 5.95 Å². The molecule has 0 aliphatic carbocycles. The Morgan fingerprint density at radius 1 is 1.21 bits per heavy atom. The number of amides is 1. The number of anilines is 2. The van der Waals surface area contributed by atoms with Crippen molar-refractivity contribution in [1.29, 1.82) is 0 Å². The highest BCUT2D eigenvalue weighted by atomic mass is 79.9. The maximum Gasteiger partial charge on any atom is 0.264 e. The molecule has 28 heavy (non-hydrogen) atoms. The number of benzene rings is 2. The maximum absolute atomic E-state index is 12.1.